The molecule has 1 aliphatic heterocycles. The van der Waals surface area contributed by atoms with E-state index in [4.69, 9.17) is 9.47 Å². The molecule has 0 aromatic heterocycles. The fourth-order valence-electron chi connectivity index (χ4n) is 4.27. The standard InChI is InChI=1S/C26H32N2O9/c1-3-36-26(25(34)35)13-19(30)21(28-15(2)29)23(37-26)22(32)20(31)14-27-24(33)18-11-9-17(10-12-18)16-7-5-4-6-8-16/h4-12,19-23,30-32H,3,13-14H2,1-2H3,(H,27,33)(H,28,29)(H,34,35)/t19-,20+,21+,22+,23+,26+/m0/s1. The molecule has 37 heavy (non-hydrogen) atoms. The van der Waals surface area contributed by atoms with E-state index in [9.17, 15) is 34.8 Å². The molecule has 0 spiro atoms. The Morgan fingerprint density at radius 1 is 1.08 bits per heavy atom. The molecule has 1 heterocycles. The minimum atomic E-state index is -2.29. The smallest absolute Gasteiger partial charge is 0.364 e. The van der Waals surface area contributed by atoms with Crippen molar-refractivity contribution in [1.82, 2.24) is 10.6 Å². The van der Waals surface area contributed by atoms with E-state index in [-0.39, 0.29) is 6.61 Å². The number of nitrogens with one attached hydrogen (secondary N) is 2. The van der Waals surface area contributed by atoms with Crippen LogP contribution < -0.4 is 10.6 Å². The SMILES string of the molecule is CCO[C@]1(C(=O)O)C[C@H](O)[C@@H](NC(C)=O)[C@H]([C@H](O)[C@H](O)CNC(=O)c2ccc(-c3ccccc3)cc2)O1. The largest absolute Gasteiger partial charge is 0.477 e. The molecule has 2 aromatic rings. The van der Waals surface area contributed by atoms with Crippen LogP contribution in [0.2, 0.25) is 0 Å². The zero-order valence-corrected chi connectivity index (χ0v) is 20.5. The number of aliphatic carboxylic acids is 1. The van der Waals surface area contributed by atoms with Gasteiger partial charge in [0.15, 0.2) is 0 Å². The van der Waals surface area contributed by atoms with Crippen molar-refractivity contribution in [2.75, 3.05) is 13.2 Å². The van der Waals surface area contributed by atoms with Crippen LogP contribution in [0.25, 0.3) is 11.1 Å². The Bertz CT molecular complexity index is 1080. The van der Waals surface area contributed by atoms with Crippen LogP contribution in [-0.2, 0) is 19.1 Å². The van der Waals surface area contributed by atoms with Crippen molar-refractivity contribution in [2.45, 2.75) is 56.5 Å². The summed E-state index contributed by atoms with van der Waals surface area (Å²) >= 11 is 0. The summed E-state index contributed by atoms with van der Waals surface area (Å²) < 4.78 is 10.8. The summed E-state index contributed by atoms with van der Waals surface area (Å²) in [5.41, 5.74) is 2.23. The Labute approximate surface area is 214 Å². The summed E-state index contributed by atoms with van der Waals surface area (Å²) in [6, 6.07) is 15.2. The van der Waals surface area contributed by atoms with Gasteiger partial charge in [-0.2, -0.15) is 0 Å². The van der Waals surface area contributed by atoms with Crippen molar-refractivity contribution in [3.63, 3.8) is 0 Å². The minimum Gasteiger partial charge on any atom is -0.477 e. The molecule has 0 unspecified atom stereocenters. The molecule has 0 bridgehead atoms. The van der Waals surface area contributed by atoms with E-state index in [1.165, 1.54) is 13.8 Å². The highest BCUT2D eigenvalue weighted by Gasteiger charge is 2.55. The second kappa shape index (κ2) is 12.3. The average molecular weight is 517 g/mol. The Balaban J connectivity index is 1.70. The molecule has 0 saturated carbocycles. The molecule has 6 atom stereocenters. The molecular formula is C26H32N2O9. The highest BCUT2D eigenvalue weighted by Crippen LogP contribution is 2.33. The molecule has 11 nitrogen and oxygen atoms in total. The predicted octanol–water partition coefficient (Wildman–Crippen LogP) is 0.277. The van der Waals surface area contributed by atoms with E-state index in [2.05, 4.69) is 10.6 Å². The van der Waals surface area contributed by atoms with Crippen molar-refractivity contribution >= 4 is 17.8 Å². The summed E-state index contributed by atoms with van der Waals surface area (Å²) in [6.07, 6.45) is -6.98. The molecule has 2 amide bonds. The number of benzene rings is 2. The molecule has 0 aliphatic carbocycles. The third-order valence-corrected chi connectivity index (χ3v) is 6.10. The zero-order valence-electron chi connectivity index (χ0n) is 20.5. The number of amides is 2. The number of carbonyl (C=O) groups is 3. The van der Waals surface area contributed by atoms with Crippen LogP contribution in [0.4, 0.5) is 0 Å². The van der Waals surface area contributed by atoms with Gasteiger partial charge in [-0.15, -0.1) is 0 Å². The van der Waals surface area contributed by atoms with E-state index >= 15 is 0 Å². The van der Waals surface area contributed by atoms with Gasteiger partial charge < -0.3 is 40.5 Å². The number of hydrogen-bond acceptors (Lipinski definition) is 8. The lowest BCUT2D eigenvalue weighted by Crippen LogP contribution is -2.68. The lowest BCUT2D eigenvalue weighted by molar-refractivity contribution is -0.309. The van der Waals surface area contributed by atoms with Gasteiger partial charge in [0, 0.05) is 32.1 Å². The van der Waals surface area contributed by atoms with E-state index in [0.29, 0.717) is 5.56 Å². The van der Waals surface area contributed by atoms with Crippen LogP contribution in [0.5, 0.6) is 0 Å². The number of ether oxygens (including phenoxy) is 2. The number of aliphatic hydroxyl groups excluding tert-OH is 3. The Hall–Kier alpha value is -3.35. The van der Waals surface area contributed by atoms with Crippen LogP contribution in [0.15, 0.2) is 54.6 Å². The maximum atomic E-state index is 12.6. The normalized spacial score (nSPS) is 25.1. The van der Waals surface area contributed by atoms with Gasteiger partial charge in [0.1, 0.15) is 12.2 Å². The topological polar surface area (TPSA) is 175 Å². The number of carboxylic acids is 1. The van der Waals surface area contributed by atoms with E-state index in [0.717, 1.165) is 11.1 Å². The van der Waals surface area contributed by atoms with E-state index in [1.54, 1.807) is 24.3 Å². The first-order valence-corrected chi connectivity index (χ1v) is 11.9. The first kappa shape index (κ1) is 28.2. The number of carbonyl (C=O) groups excluding carboxylic acids is 2. The van der Waals surface area contributed by atoms with Gasteiger partial charge in [0.25, 0.3) is 11.7 Å². The van der Waals surface area contributed by atoms with Crippen molar-refractivity contribution in [3.05, 3.63) is 60.2 Å². The second-order valence-corrected chi connectivity index (χ2v) is 8.78. The molecule has 200 valence electrons. The van der Waals surface area contributed by atoms with Crippen molar-refractivity contribution in [2.24, 2.45) is 0 Å². The highest BCUT2D eigenvalue weighted by atomic mass is 16.7. The number of aliphatic hydroxyl groups is 3. The Kier molecular flexibility index (Phi) is 9.35. The van der Waals surface area contributed by atoms with Crippen LogP contribution >= 0.6 is 0 Å². The third-order valence-electron chi connectivity index (χ3n) is 6.10. The van der Waals surface area contributed by atoms with Crippen LogP contribution in [-0.4, -0.2) is 87.6 Å². The zero-order chi connectivity index (χ0) is 27.2. The van der Waals surface area contributed by atoms with Gasteiger partial charge in [-0.25, -0.2) is 4.79 Å². The molecule has 1 aliphatic rings. The molecule has 1 fully saturated rings. The van der Waals surface area contributed by atoms with E-state index in [1.807, 2.05) is 30.3 Å². The summed E-state index contributed by atoms with van der Waals surface area (Å²) in [6.45, 7) is 2.21. The summed E-state index contributed by atoms with van der Waals surface area (Å²) in [4.78, 5) is 36.2. The molecule has 1 saturated heterocycles. The molecular weight excluding hydrogens is 484 g/mol. The number of carboxylic acid groups (broad SMARTS) is 1. The summed E-state index contributed by atoms with van der Waals surface area (Å²) in [5.74, 6) is -4.90. The van der Waals surface area contributed by atoms with Crippen LogP contribution in [0.3, 0.4) is 0 Å². The Morgan fingerprint density at radius 2 is 1.70 bits per heavy atom. The second-order valence-electron chi connectivity index (χ2n) is 8.78. The number of hydrogen-bond donors (Lipinski definition) is 6. The van der Waals surface area contributed by atoms with Gasteiger partial charge in [-0.1, -0.05) is 42.5 Å². The predicted molar refractivity (Wildman–Crippen MR) is 131 cm³/mol. The molecule has 0 radical (unpaired) electrons. The molecule has 11 heteroatoms. The molecule has 2 aromatic carbocycles. The van der Waals surface area contributed by atoms with Gasteiger partial charge in [-0.05, 0) is 30.2 Å². The summed E-state index contributed by atoms with van der Waals surface area (Å²) in [5, 5.41) is 46.7. The van der Waals surface area contributed by atoms with Crippen molar-refractivity contribution in [1.29, 1.82) is 0 Å². The maximum absolute atomic E-state index is 12.6. The first-order chi connectivity index (χ1) is 17.6. The molecule has 6 N–H and O–H groups in total. The monoisotopic (exact) mass is 516 g/mol. The van der Waals surface area contributed by atoms with E-state index < -0.39 is 67.0 Å². The molecule has 3 rings (SSSR count). The van der Waals surface area contributed by atoms with Gasteiger partial charge >= 0.3 is 5.97 Å². The maximum Gasteiger partial charge on any atom is 0.364 e. The fourth-order valence-corrected chi connectivity index (χ4v) is 4.27. The van der Waals surface area contributed by atoms with Gasteiger partial charge in [0.05, 0.1) is 18.2 Å². The van der Waals surface area contributed by atoms with Crippen LogP contribution in [0, 0.1) is 0 Å². The number of rotatable bonds is 10. The van der Waals surface area contributed by atoms with Crippen molar-refractivity contribution in [3.8, 4) is 11.1 Å². The fraction of sp³-hybridized carbons (Fsp3) is 0.423. The van der Waals surface area contributed by atoms with Crippen LogP contribution in [0.1, 0.15) is 30.6 Å². The minimum absolute atomic E-state index is 0.0751. The lowest BCUT2D eigenvalue weighted by Gasteiger charge is -2.46. The van der Waals surface area contributed by atoms with Crippen molar-refractivity contribution < 1.29 is 44.3 Å². The third kappa shape index (κ3) is 6.70. The first-order valence-electron chi connectivity index (χ1n) is 11.9. The van der Waals surface area contributed by atoms with Gasteiger partial charge in [0.2, 0.25) is 5.91 Å². The van der Waals surface area contributed by atoms with Gasteiger partial charge in [-0.3, -0.25) is 9.59 Å². The quantitative estimate of drug-likeness (QED) is 0.259. The summed E-state index contributed by atoms with van der Waals surface area (Å²) in [7, 11) is 0. The average Bonchev–Trinajstić information content (AvgIpc) is 2.88. The Morgan fingerprint density at radius 3 is 2.27 bits per heavy atom. The lowest BCUT2D eigenvalue weighted by atomic mass is 9.88. The highest BCUT2D eigenvalue weighted by molar-refractivity contribution is 5.94.